The van der Waals surface area contributed by atoms with E-state index in [1.165, 1.54) is 4.57 Å². The first kappa shape index (κ1) is 14.2. The summed E-state index contributed by atoms with van der Waals surface area (Å²) in [6.45, 7) is 3.31. The predicted octanol–water partition coefficient (Wildman–Crippen LogP) is 0.439. The molecule has 114 valence electrons. The molecule has 1 aromatic heterocycles. The van der Waals surface area contributed by atoms with Crippen LogP contribution >= 0.6 is 0 Å². The molecule has 7 nitrogen and oxygen atoms in total. The largest absolute Gasteiger partial charge is 0.399 e. The number of nitrogens with two attached hydrogens (primary N) is 1. The second-order valence-corrected chi connectivity index (χ2v) is 5.73. The lowest BCUT2D eigenvalue weighted by Crippen LogP contribution is -2.56. The number of hydrogen-bond acceptors (Lipinski definition) is 5. The molecule has 7 heteroatoms. The molecule has 3 rings (SSSR count). The van der Waals surface area contributed by atoms with Crippen molar-refractivity contribution in [3.8, 4) is 0 Å². The van der Waals surface area contributed by atoms with Gasteiger partial charge in [0.15, 0.2) is 0 Å². The van der Waals surface area contributed by atoms with Gasteiger partial charge in [0.25, 0.3) is 11.5 Å². The number of nitrogens with one attached hydrogen (secondary N) is 1. The highest BCUT2D eigenvalue weighted by Gasteiger charge is 2.42. The number of fused-ring (bicyclic) bond motifs is 1. The Balaban J connectivity index is 2.29. The third kappa shape index (κ3) is 1.97. The van der Waals surface area contributed by atoms with E-state index in [0.717, 1.165) is 0 Å². The summed E-state index contributed by atoms with van der Waals surface area (Å²) in [5.74, 6) is -0.389. The van der Waals surface area contributed by atoms with Gasteiger partial charge >= 0.3 is 0 Å². The molecular formula is C15H16N4O3. The van der Waals surface area contributed by atoms with Gasteiger partial charge < -0.3 is 5.73 Å². The van der Waals surface area contributed by atoms with Gasteiger partial charge in [-0.1, -0.05) is 0 Å². The average Bonchev–Trinajstić information content (AvgIpc) is 2.45. The molecular weight excluding hydrogens is 284 g/mol. The van der Waals surface area contributed by atoms with Crippen LogP contribution in [0.25, 0.3) is 10.9 Å². The molecule has 2 aromatic rings. The minimum atomic E-state index is -1.14. The highest BCUT2D eigenvalue weighted by molar-refractivity contribution is 6.01. The Morgan fingerprint density at radius 1 is 1.32 bits per heavy atom. The van der Waals surface area contributed by atoms with Gasteiger partial charge in [-0.3, -0.25) is 24.3 Å². The number of rotatable bonds is 1. The fraction of sp³-hybridized carbons (Fsp3) is 0.333. The quantitative estimate of drug-likeness (QED) is 0.587. The molecule has 0 aliphatic carbocycles. The Bertz CT molecular complexity index is 871. The molecule has 1 atom stereocenters. The summed E-state index contributed by atoms with van der Waals surface area (Å²) in [6.07, 6.45) is 0.441. The number of amides is 2. The minimum absolute atomic E-state index is 0.184. The maximum atomic E-state index is 12.8. The SMILES string of the molecule is Cc1nc2ccc(N)cc2c(=O)n1[C@@]1(C)CCC(=O)NC1=O. The summed E-state index contributed by atoms with van der Waals surface area (Å²) in [6, 6.07) is 4.90. The summed E-state index contributed by atoms with van der Waals surface area (Å²) in [5, 5.41) is 2.65. The normalized spacial score (nSPS) is 21.9. The Morgan fingerprint density at radius 2 is 2.05 bits per heavy atom. The fourth-order valence-corrected chi connectivity index (χ4v) is 2.90. The molecule has 0 unspecified atom stereocenters. The third-order valence-electron chi connectivity index (χ3n) is 4.13. The number of benzene rings is 1. The first-order chi connectivity index (χ1) is 10.3. The Hall–Kier alpha value is -2.70. The van der Waals surface area contributed by atoms with Crippen molar-refractivity contribution in [3.05, 3.63) is 34.4 Å². The van der Waals surface area contributed by atoms with Crippen molar-refractivity contribution in [1.82, 2.24) is 14.9 Å². The van der Waals surface area contributed by atoms with Crippen molar-refractivity contribution in [2.45, 2.75) is 32.2 Å². The highest BCUT2D eigenvalue weighted by Crippen LogP contribution is 2.26. The summed E-state index contributed by atoms with van der Waals surface area (Å²) < 4.78 is 1.36. The molecule has 1 aliphatic heterocycles. The lowest BCUT2D eigenvalue weighted by Gasteiger charge is -2.34. The Labute approximate surface area is 126 Å². The number of carbonyl (C=O) groups excluding carboxylic acids is 2. The molecule has 2 heterocycles. The van der Waals surface area contributed by atoms with Gasteiger partial charge in [0, 0.05) is 12.1 Å². The van der Waals surface area contributed by atoms with E-state index in [1.807, 2.05) is 0 Å². The maximum Gasteiger partial charge on any atom is 0.262 e. The van der Waals surface area contributed by atoms with Crippen LogP contribution in [0.1, 0.15) is 25.6 Å². The van der Waals surface area contributed by atoms with Gasteiger partial charge in [0.1, 0.15) is 11.4 Å². The van der Waals surface area contributed by atoms with E-state index in [4.69, 9.17) is 5.73 Å². The number of nitrogen functional groups attached to an aromatic ring is 1. The molecule has 0 radical (unpaired) electrons. The van der Waals surface area contributed by atoms with Crippen LogP contribution in [0.15, 0.2) is 23.0 Å². The number of hydrogen-bond donors (Lipinski definition) is 2. The van der Waals surface area contributed by atoms with E-state index in [9.17, 15) is 14.4 Å². The molecule has 0 spiro atoms. The molecule has 2 amide bonds. The number of imide groups is 1. The van der Waals surface area contributed by atoms with E-state index < -0.39 is 11.4 Å². The smallest absolute Gasteiger partial charge is 0.262 e. The number of carbonyl (C=O) groups is 2. The van der Waals surface area contributed by atoms with Gasteiger partial charge in [-0.2, -0.15) is 0 Å². The lowest BCUT2D eigenvalue weighted by atomic mass is 9.90. The van der Waals surface area contributed by atoms with Crippen LogP contribution in [0.4, 0.5) is 5.69 Å². The van der Waals surface area contributed by atoms with Crippen molar-refractivity contribution in [3.63, 3.8) is 0 Å². The van der Waals surface area contributed by atoms with Crippen LogP contribution < -0.4 is 16.6 Å². The van der Waals surface area contributed by atoms with E-state index in [1.54, 1.807) is 32.0 Å². The number of aryl methyl sites for hydroxylation is 1. The van der Waals surface area contributed by atoms with Crippen LogP contribution in [-0.2, 0) is 15.1 Å². The van der Waals surface area contributed by atoms with Crippen molar-refractivity contribution in [2.24, 2.45) is 0 Å². The monoisotopic (exact) mass is 300 g/mol. The number of aromatic nitrogens is 2. The lowest BCUT2D eigenvalue weighted by molar-refractivity contribution is -0.140. The van der Waals surface area contributed by atoms with Crippen molar-refractivity contribution < 1.29 is 9.59 Å². The first-order valence-corrected chi connectivity index (χ1v) is 6.96. The first-order valence-electron chi connectivity index (χ1n) is 6.96. The van der Waals surface area contributed by atoms with Crippen LogP contribution in [0.3, 0.4) is 0 Å². The van der Waals surface area contributed by atoms with E-state index in [2.05, 4.69) is 10.3 Å². The maximum absolute atomic E-state index is 12.8. The molecule has 1 fully saturated rings. The summed E-state index contributed by atoms with van der Waals surface area (Å²) in [4.78, 5) is 40.9. The molecule has 22 heavy (non-hydrogen) atoms. The molecule has 1 saturated heterocycles. The standard InChI is InChI=1S/C15H16N4O3/c1-8-17-11-4-3-9(16)7-10(11)13(21)19(8)15(2)6-5-12(20)18-14(15)22/h3-4,7H,5-6,16H2,1-2H3,(H,18,20,22)/t15-/m0/s1. The van der Waals surface area contributed by atoms with E-state index in [-0.39, 0.29) is 24.3 Å². The summed E-state index contributed by atoms with van der Waals surface area (Å²) in [7, 11) is 0. The zero-order valence-electron chi connectivity index (χ0n) is 12.3. The second-order valence-electron chi connectivity index (χ2n) is 5.73. The van der Waals surface area contributed by atoms with Gasteiger partial charge in [-0.15, -0.1) is 0 Å². The molecule has 1 aliphatic rings. The van der Waals surface area contributed by atoms with Crippen LogP contribution in [-0.4, -0.2) is 21.4 Å². The topological polar surface area (TPSA) is 107 Å². The van der Waals surface area contributed by atoms with Crippen LogP contribution in [0, 0.1) is 6.92 Å². The third-order valence-corrected chi connectivity index (χ3v) is 4.13. The zero-order chi connectivity index (χ0) is 16.1. The summed E-state index contributed by atoms with van der Waals surface area (Å²) >= 11 is 0. The number of nitrogens with zero attached hydrogens (tertiary/aromatic N) is 2. The predicted molar refractivity (Wildman–Crippen MR) is 81.2 cm³/mol. The number of piperidine rings is 1. The second kappa shape index (κ2) is 4.66. The van der Waals surface area contributed by atoms with Gasteiger partial charge in [-0.05, 0) is 38.5 Å². The van der Waals surface area contributed by atoms with E-state index in [0.29, 0.717) is 22.4 Å². The Kier molecular flexibility index (Phi) is 3.01. The van der Waals surface area contributed by atoms with Gasteiger partial charge in [0.05, 0.1) is 10.9 Å². The van der Waals surface area contributed by atoms with E-state index >= 15 is 0 Å². The summed E-state index contributed by atoms with van der Waals surface area (Å²) in [5.41, 5.74) is 5.25. The zero-order valence-corrected chi connectivity index (χ0v) is 12.3. The van der Waals surface area contributed by atoms with Gasteiger partial charge in [0.2, 0.25) is 5.91 Å². The van der Waals surface area contributed by atoms with Crippen LogP contribution in [0.5, 0.6) is 0 Å². The minimum Gasteiger partial charge on any atom is -0.399 e. The van der Waals surface area contributed by atoms with Gasteiger partial charge in [-0.25, -0.2) is 4.98 Å². The fourth-order valence-electron chi connectivity index (χ4n) is 2.90. The average molecular weight is 300 g/mol. The van der Waals surface area contributed by atoms with Crippen molar-refractivity contribution in [1.29, 1.82) is 0 Å². The number of anilines is 1. The molecule has 3 N–H and O–H groups in total. The highest BCUT2D eigenvalue weighted by atomic mass is 16.2. The van der Waals surface area contributed by atoms with Crippen molar-refractivity contribution >= 4 is 28.4 Å². The Morgan fingerprint density at radius 3 is 2.73 bits per heavy atom. The van der Waals surface area contributed by atoms with Crippen molar-refractivity contribution in [2.75, 3.05) is 5.73 Å². The molecule has 0 bridgehead atoms. The van der Waals surface area contributed by atoms with Crippen LogP contribution in [0.2, 0.25) is 0 Å². The molecule has 0 saturated carbocycles. The molecule has 1 aromatic carbocycles.